The normalized spacial score (nSPS) is 20.1. The monoisotopic (exact) mass is 276 g/mol. The summed E-state index contributed by atoms with van der Waals surface area (Å²) in [6.45, 7) is 8.32. The fourth-order valence-electron chi connectivity index (χ4n) is 2.64. The van der Waals surface area contributed by atoms with Crippen LogP contribution in [0.2, 0.25) is 0 Å². The first kappa shape index (κ1) is 15.0. The van der Waals surface area contributed by atoms with Crippen LogP contribution in [0.25, 0.3) is 0 Å². The number of benzene rings is 1. The van der Waals surface area contributed by atoms with E-state index in [4.69, 9.17) is 4.74 Å². The van der Waals surface area contributed by atoms with Crippen LogP contribution in [0.15, 0.2) is 24.3 Å². The van der Waals surface area contributed by atoms with Crippen molar-refractivity contribution in [3.63, 3.8) is 0 Å². The Kier molecular flexibility index (Phi) is 5.15. The number of methoxy groups -OCH3 is 1. The quantitative estimate of drug-likeness (QED) is 0.853. The van der Waals surface area contributed by atoms with Crippen LogP contribution >= 0.6 is 0 Å². The van der Waals surface area contributed by atoms with Crippen molar-refractivity contribution in [2.24, 2.45) is 5.92 Å². The molecule has 0 unspecified atom stereocenters. The zero-order valence-electron chi connectivity index (χ0n) is 12.6. The molecule has 1 aliphatic rings. The molecular weight excluding hydrogens is 252 g/mol. The molecule has 0 aromatic heterocycles. The van der Waals surface area contributed by atoms with Crippen LogP contribution in [-0.2, 0) is 11.3 Å². The van der Waals surface area contributed by atoms with Gasteiger partial charge in [0.05, 0.1) is 12.7 Å². The number of piperazine rings is 1. The maximum Gasteiger partial charge on any atom is 0.338 e. The molecule has 1 aromatic carbocycles. The van der Waals surface area contributed by atoms with Crippen molar-refractivity contribution in [3.8, 4) is 0 Å². The zero-order chi connectivity index (χ0) is 14.5. The number of nitrogens with zero attached hydrogens (tertiary/aromatic N) is 1. The highest BCUT2D eigenvalue weighted by atomic mass is 16.5. The van der Waals surface area contributed by atoms with Crippen LogP contribution in [0.5, 0.6) is 0 Å². The third kappa shape index (κ3) is 3.58. The molecule has 0 spiro atoms. The molecule has 1 heterocycles. The third-order valence-corrected chi connectivity index (χ3v) is 3.91. The lowest BCUT2D eigenvalue weighted by molar-refractivity contribution is 0.0597. The van der Waals surface area contributed by atoms with Crippen molar-refractivity contribution >= 4 is 5.97 Å². The van der Waals surface area contributed by atoms with E-state index in [1.165, 1.54) is 7.11 Å². The van der Waals surface area contributed by atoms with Gasteiger partial charge >= 0.3 is 5.97 Å². The molecule has 110 valence electrons. The SMILES string of the molecule is COC(=O)c1ccccc1CN1CCN[C@@H](C(C)C)C1. The van der Waals surface area contributed by atoms with Gasteiger partial charge in [-0.25, -0.2) is 4.79 Å². The summed E-state index contributed by atoms with van der Waals surface area (Å²) in [7, 11) is 1.43. The van der Waals surface area contributed by atoms with E-state index >= 15 is 0 Å². The van der Waals surface area contributed by atoms with E-state index < -0.39 is 0 Å². The minimum Gasteiger partial charge on any atom is -0.465 e. The molecule has 1 aliphatic heterocycles. The molecule has 0 saturated carbocycles. The van der Waals surface area contributed by atoms with Gasteiger partial charge in [0.1, 0.15) is 0 Å². The summed E-state index contributed by atoms with van der Waals surface area (Å²) in [4.78, 5) is 14.2. The predicted molar refractivity (Wildman–Crippen MR) is 79.7 cm³/mol. The lowest BCUT2D eigenvalue weighted by atomic mass is 10.0. The summed E-state index contributed by atoms with van der Waals surface area (Å²) in [5, 5.41) is 3.55. The summed E-state index contributed by atoms with van der Waals surface area (Å²) in [6, 6.07) is 8.23. The fraction of sp³-hybridized carbons (Fsp3) is 0.562. The van der Waals surface area contributed by atoms with Crippen LogP contribution in [-0.4, -0.2) is 43.7 Å². The highest BCUT2D eigenvalue weighted by molar-refractivity contribution is 5.90. The van der Waals surface area contributed by atoms with Crippen molar-refractivity contribution in [2.75, 3.05) is 26.7 Å². The van der Waals surface area contributed by atoms with E-state index in [1.807, 2.05) is 24.3 Å². The average molecular weight is 276 g/mol. The Morgan fingerprint density at radius 3 is 2.90 bits per heavy atom. The molecular formula is C16H24N2O2. The zero-order valence-corrected chi connectivity index (χ0v) is 12.6. The molecule has 4 nitrogen and oxygen atoms in total. The van der Waals surface area contributed by atoms with Gasteiger partial charge < -0.3 is 10.1 Å². The Morgan fingerprint density at radius 2 is 2.20 bits per heavy atom. The molecule has 1 saturated heterocycles. The Labute approximate surface area is 121 Å². The van der Waals surface area contributed by atoms with E-state index in [-0.39, 0.29) is 5.97 Å². The number of esters is 1. The Balaban J connectivity index is 2.08. The number of ether oxygens (including phenoxy) is 1. The number of carbonyl (C=O) groups excluding carboxylic acids is 1. The van der Waals surface area contributed by atoms with E-state index in [0.29, 0.717) is 17.5 Å². The molecule has 20 heavy (non-hydrogen) atoms. The van der Waals surface area contributed by atoms with E-state index in [1.54, 1.807) is 0 Å². The molecule has 2 rings (SSSR count). The van der Waals surface area contributed by atoms with Crippen LogP contribution in [0.1, 0.15) is 29.8 Å². The number of nitrogens with one attached hydrogen (secondary N) is 1. The third-order valence-electron chi connectivity index (χ3n) is 3.91. The van der Waals surface area contributed by atoms with E-state index in [2.05, 4.69) is 24.1 Å². The Morgan fingerprint density at radius 1 is 1.45 bits per heavy atom. The van der Waals surface area contributed by atoms with Crippen LogP contribution in [0.3, 0.4) is 0 Å². The second kappa shape index (κ2) is 6.86. The summed E-state index contributed by atoms with van der Waals surface area (Å²) in [5.74, 6) is 0.366. The first-order chi connectivity index (χ1) is 9.61. The second-order valence-corrected chi connectivity index (χ2v) is 5.69. The smallest absolute Gasteiger partial charge is 0.338 e. The lowest BCUT2D eigenvalue weighted by Gasteiger charge is -2.36. The Hall–Kier alpha value is -1.39. The fourth-order valence-corrected chi connectivity index (χ4v) is 2.64. The maximum absolute atomic E-state index is 11.8. The molecule has 1 N–H and O–H groups in total. The van der Waals surface area contributed by atoms with Gasteiger partial charge in [-0.1, -0.05) is 32.0 Å². The summed E-state index contributed by atoms with van der Waals surface area (Å²) < 4.78 is 4.86. The van der Waals surface area contributed by atoms with Crippen LogP contribution in [0, 0.1) is 5.92 Å². The van der Waals surface area contributed by atoms with Gasteiger partial charge in [-0.3, -0.25) is 4.90 Å². The number of rotatable bonds is 4. The molecule has 0 radical (unpaired) electrons. The lowest BCUT2D eigenvalue weighted by Crippen LogP contribution is -2.52. The first-order valence-corrected chi connectivity index (χ1v) is 7.23. The van der Waals surface area contributed by atoms with Crippen molar-refractivity contribution in [1.29, 1.82) is 0 Å². The van der Waals surface area contributed by atoms with Crippen molar-refractivity contribution in [2.45, 2.75) is 26.4 Å². The molecule has 0 aliphatic carbocycles. The van der Waals surface area contributed by atoms with Crippen LogP contribution < -0.4 is 5.32 Å². The molecule has 1 fully saturated rings. The molecule has 0 amide bonds. The largest absolute Gasteiger partial charge is 0.465 e. The maximum atomic E-state index is 11.8. The summed E-state index contributed by atoms with van der Waals surface area (Å²) >= 11 is 0. The minimum absolute atomic E-state index is 0.254. The topological polar surface area (TPSA) is 41.6 Å². The molecule has 1 aromatic rings. The summed E-state index contributed by atoms with van der Waals surface area (Å²) in [5.41, 5.74) is 1.72. The Bertz CT molecular complexity index is 460. The second-order valence-electron chi connectivity index (χ2n) is 5.69. The first-order valence-electron chi connectivity index (χ1n) is 7.23. The minimum atomic E-state index is -0.254. The number of carbonyl (C=O) groups is 1. The van der Waals surface area contributed by atoms with Gasteiger partial charge in [0.15, 0.2) is 0 Å². The number of hydrogen-bond donors (Lipinski definition) is 1. The van der Waals surface area contributed by atoms with E-state index in [9.17, 15) is 4.79 Å². The average Bonchev–Trinajstić information content (AvgIpc) is 2.47. The van der Waals surface area contributed by atoms with Gasteiger partial charge in [0.25, 0.3) is 0 Å². The summed E-state index contributed by atoms with van der Waals surface area (Å²) in [6.07, 6.45) is 0. The number of hydrogen-bond acceptors (Lipinski definition) is 4. The van der Waals surface area contributed by atoms with Crippen LogP contribution in [0.4, 0.5) is 0 Å². The van der Waals surface area contributed by atoms with Crippen molar-refractivity contribution in [1.82, 2.24) is 10.2 Å². The highest BCUT2D eigenvalue weighted by Crippen LogP contribution is 2.16. The predicted octanol–water partition coefficient (Wildman–Crippen LogP) is 1.90. The van der Waals surface area contributed by atoms with E-state index in [0.717, 1.165) is 31.7 Å². The highest BCUT2D eigenvalue weighted by Gasteiger charge is 2.23. The van der Waals surface area contributed by atoms with Gasteiger partial charge in [-0.05, 0) is 17.5 Å². The van der Waals surface area contributed by atoms with Crippen molar-refractivity contribution in [3.05, 3.63) is 35.4 Å². The van der Waals surface area contributed by atoms with Gasteiger partial charge in [0.2, 0.25) is 0 Å². The molecule has 4 heteroatoms. The van der Waals surface area contributed by atoms with Gasteiger partial charge in [-0.2, -0.15) is 0 Å². The van der Waals surface area contributed by atoms with Crippen molar-refractivity contribution < 1.29 is 9.53 Å². The van der Waals surface area contributed by atoms with Gasteiger partial charge in [0, 0.05) is 32.2 Å². The molecule has 0 bridgehead atoms. The van der Waals surface area contributed by atoms with Gasteiger partial charge in [-0.15, -0.1) is 0 Å². The molecule has 1 atom stereocenters. The standard InChI is InChI=1S/C16H24N2O2/c1-12(2)15-11-18(9-8-17-15)10-13-6-4-5-7-14(13)16(19)20-3/h4-7,12,15,17H,8-11H2,1-3H3/t15-/m1/s1.